The Kier molecular flexibility index (Phi) is 35.7. The number of nitrogens with two attached hydrogens (primary N) is 2. The molecule has 10 N–H and O–H groups in total. The molecule has 8 rings (SSSR count). The van der Waals surface area contributed by atoms with Crippen LogP contribution >= 0.6 is 10.7 Å². The lowest BCUT2D eigenvalue weighted by atomic mass is 10.0. The van der Waals surface area contributed by atoms with E-state index in [-0.39, 0.29) is 88.2 Å². The third kappa shape index (κ3) is 29.9. The van der Waals surface area contributed by atoms with Gasteiger partial charge in [0.2, 0.25) is 20.0 Å². The van der Waals surface area contributed by atoms with Crippen molar-refractivity contribution in [3.8, 4) is 0 Å². The lowest BCUT2D eigenvalue weighted by Gasteiger charge is -2.30. The van der Waals surface area contributed by atoms with Gasteiger partial charge in [-0.2, -0.15) is 8.61 Å². The maximum Gasteiger partial charge on any atom is 0.269 e. The van der Waals surface area contributed by atoms with Crippen molar-refractivity contribution in [2.45, 2.75) is 112 Å². The van der Waals surface area contributed by atoms with Crippen LogP contribution in [0.5, 0.6) is 0 Å². The van der Waals surface area contributed by atoms with E-state index in [0.29, 0.717) is 55.1 Å². The fourth-order valence-corrected chi connectivity index (χ4v) is 14.5. The third-order valence-corrected chi connectivity index (χ3v) is 21.0. The smallest absolute Gasteiger partial charge is 0.269 e. The number of rotatable bonds is 36. The minimum atomic E-state index is -4.06. The molecule has 0 heterocycles. The number of halogens is 1. The van der Waals surface area contributed by atoms with Crippen LogP contribution in [-0.4, -0.2) is 159 Å². The van der Waals surface area contributed by atoms with E-state index in [4.69, 9.17) is 22.1 Å². The molecule has 0 amide bonds. The second-order valence-electron chi connectivity index (χ2n) is 26.0. The van der Waals surface area contributed by atoms with E-state index in [1.807, 2.05) is 155 Å². The van der Waals surface area contributed by atoms with Gasteiger partial charge in [-0.25, -0.2) is 25.3 Å². The summed E-state index contributed by atoms with van der Waals surface area (Å²) in [6.45, 7) is 13.6. The molecule has 104 heavy (non-hydrogen) atoms. The van der Waals surface area contributed by atoms with Gasteiger partial charge in [-0.1, -0.05) is 193 Å². The first-order chi connectivity index (χ1) is 49.2. The summed E-state index contributed by atoms with van der Waals surface area (Å²) in [5.74, 6) is 0.475. The van der Waals surface area contributed by atoms with E-state index in [9.17, 15) is 70.4 Å². The molecule has 8 aromatic carbocycles. The van der Waals surface area contributed by atoms with Gasteiger partial charge in [0.25, 0.3) is 20.4 Å². The SMILES string of the molecule is CC(C)CN(C[C@@H](O)[C@@H](N)Cc1ccccc1)S(=O)(=O)c1ccc(N)cc1.CC(C)CN(C[C@@H](O)[C@H](Cc1ccccc1)NCC(=O)c1ccccc1)S(=O)(=O)c1ccc([N+](=O)[O-])cc1.CC(C)CNC[C@@H](O)[C@H](Cc1ccccc1)NCC(=O)c1ccccc1.O=[N+]([O-])c1ccc(S(=O)(=O)Cl)cc1. The predicted octanol–water partition coefficient (Wildman–Crippen LogP) is 9.73. The van der Waals surface area contributed by atoms with Crippen molar-refractivity contribution in [1.82, 2.24) is 24.6 Å². The molecular formula is C76H96ClN9O15S3. The largest absolute Gasteiger partial charge is 0.399 e. The summed E-state index contributed by atoms with van der Waals surface area (Å²) in [6.07, 6.45) is -1.18. The molecule has 24 nitrogen and oxygen atoms in total. The van der Waals surface area contributed by atoms with Gasteiger partial charge in [0.1, 0.15) is 0 Å². The number of aliphatic hydroxyl groups is 3. The fraction of sp³-hybridized carbons (Fsp3) is 0.342. The number of non-ortho nitro benzene ring substituents is 2. The summed E-state index contributed by atoms with van der Waals surface area (Å²) in [6, 6.07) is 60.8. The molecule has 0 bridgehead atoms. The first kappa shape index (κ1) is 86.1. The van der Waals surface area contributed by atoms with Crippen LogP contribution in [0.4, 0.5) is 17.1 Å². The Balaban J connectivity index is 0.000000263. The summed E-state index contributed by atoms with van der Waals surface area (Å²) in [7, 11) is -6.61. The fourth-order valence-electron chi connectivity index (χ4n) is 10.5. The number of nitro groups is 2. The standard InChI is InChI=1S/C28H33N3O6S.C22H30N2O2.C20H29N3O3S.C6H4ClNO4S/c1-21(2)19-30(38(36,37)25-15-13-24(14-16-25)31(34)35)20-28(33)26(17-22-9-5-3-6-10-22)29-18-27(32)23-11-7-4-8-12-23;1-17(2)14-23-15-22(26)20(13-18-9-5-3-6-10-18)24-16-21(25)19-11-7-4-8-12-19;1-15(2)13-23(27(25,26)18-10-8-17(21)9-11-18)14-20(24)19(22)12-16-6-4-3-5-7-16;7-13(11,12)6-3-1-5(2-4-6)8(9)10/h3-16,21,26,28-29,33H,17-20H2,1-2H3;3-12,17,20,22-24,26H,13-16H2,1-2H3;3-11,15,19-20,24H,12-14,21-22H2,1-2H3;1-4H/t26-,28+;20-,22+;19-,20+;/m000./s1. The van der Waals surface area contributed by atoms with Crippen molar-refractivity contribution < 1.29 is 60.0 Å². The number of nitrogens with zero attached hydrogens (tertiary/aromatic N) is 4. The van der Waals surface area contributed by atoms with Crippen LogP contribution in [0.1, 0.15) is 78.9 Å². The number of Topliss-reactive ketones (excluding diaryl/α,β-unsaturated/α-hetero) is 2. The second kappa shape index (κ2) is 43.1. The van der Waals surface area contributed by atoms with Crippen LogP contribution in [0.25, 0.3) is 0 Å². The van der Waals surface area contributed by atoms with E-state index in [2.05, 4.69) is 29.8 Å². The van der Waals surface area contributed by atoms with Crippen LogP contribution in [-0.2, 0) is 48.4 Å². The highest BCUT2D eigenvalue weighted by atomic mass is 35.7. The lowest BCUT2D eigenvalue weighted by Crippen LogP contribution is -2.50. The average molecular weight is 1510 g/mol. The number of hydrogen-bond acceptors (Lipinski definition) is 20. The molecule has 0 saturated carbocycles. The van der Waals surface area contributed by atoms with E-state index in [0.717, 1.165) is 59.6 Å². The number of nitrogens with one attached hydrogen (secondary N) is 3. The Labute approximate surface area is 615 Å². The zero-order valence-electron chi connectivity index (χ0n) is 59.1. The maximum absolute atomic E-state index is 13.5. The Bertz CT molecular complexity index is 4240. The van der Waals surface area contributed by atoms with E-state index < -0.39 is 69.3 Å². The van der Waals surface area contributed by atoms with Gasteiger partial charge in [-0.05, 0) is 109 Å². The quantitative estimate of drug-likeness (QED) is 0.00595. The number of hydrogen-bond donors (Lipinski definition) is 8. The van der Waals surface area contributed by atoms with Crippen molar-refractivity contribution in [2.75, 3.05) is 58.1 Å². The van der Waals surface area contributed by atoms with E-state index >= 15 is 0 Å². The van der Waals surface area contributed by atoms with Gasteiger partial charge in [0, 0.05) is 103 Å². The van der Waals surface area contributed by atoms with Gasteiger partial charge in [0.05, 0.1) is 55.9 Å². The summed E-state index contributed by atoms with van der Waals surface area (Å²) in [5, 5.41) is 63.4. The minimum Gasteiger partial charge on any atom is -0.399 e. The van der Waals surface area contributed by atoms with Crippen LogP contribution in [0.2, 0.25) is 0 Å². The Morgan fingerprint density at radius 2 is 0.769 bits per heavy atom. The van der Waals surface area contributed by atoms with Crippen molar-refractivity contribution in [2.24, 2.45) is 23.5 Å². The average Bonchev–Trinajstić information content (AvgIpc) is 0.808. The molecule has 8 aromatic rings. The molecule has 0 aliphatic rings. The van der Waals surface area contributed by atoms with E-state index in [1.165, 1.54) is 32.9 Å². The number of anilines is 1. The Morgan fingerprint density at radius 1 is 0.442 bits per heavy atom. The zero-order valence-corrected chi connectivity index (χ0v) is 62.3. The first-order valence-electron chi connectivity index (χ1n) is 33.8. The van der Waals surface area contributed by atoms with Crippen molar-refractivity contribution >= 4 is 68.4 Å². The predicted molar refractivity (Wildman–Crippen MR) is 407 cm³/mol. The van der Waals surface area contributed by atoms with Gasteiger partial charge in [-0.3, -0.25) is 29.8 Å². The number of benzene rings is 8. The number of sulfonamides is 2. The molecule has 560 valence electrons. The molecule has 28 heteroatoms. The normalized spacial score (nSPS) is 13.4. The van der Waals surface area contributed by atoms with Crippen LogP contribution in [0.3, 0.4) is 0 Å². The summed E-state index contributed by atoms with van der Waals surface area (Å²) in [5.41, 5.74) is 16.2. The summed E-state index contributed by atoms with van der Waals surface area (Å²) >= 11 is 0. The number of nitrogen functional groups attached to an aromatic ring is 1. The van der Waals surface area contributed by atoms with Gasteiger partial charge >= 0.3 is 0 Å². The summed E-state index contributed by atoms with van der Waals surface area (Å²) < 4.78 is 77.0. The highest BCUT2D eigenvalue weighted by Crippen LogP contribution is 2.24. The number of nitro benzene ring substituents is 2. The van der Waals surface area contributed by atoms with Crippen LogP contribution in [0.15, 0.2) is 239 Å². The van der Waals surface area contributed by atoms with Gasteiger partial charge < -0.3 is 42.7 Å². The highest BCUT2D eigenvalue weighted by molar-refractivity contribution is 8.13. The minimum absolute atomic E-state index is 0.0299. The van der Waals surface area contributed by atoms with Crippen LogP contribution < -0.4 is 27.4 Å². The molecule has 0 aliphatic carbocycles. The number of carbonyl (C=O) groups is 2. The van der Waals surface area contributed by atoms with Crippen molar-refractivity contribution in [3.63, 3.8) is 0 Å². The number of carbonyl (C=O) groups excluding carboxylic acids is 2. The van der Waals surface area contributed by atoms with Crippen molar-refractivity contribution in [1.29, 1.82) is 0 Å². The highest BCUT2D eigenvalue weighted by Gasteiger charge is 2.33. The first-order valence-corrected chi connectivity index (χ1v) is 39.0. The number of ketones is 2. The third-order valence-electron chi connectivity index (χ3n) is 15.9. The maximum atomic E-state index is 13.5. The van der Waals surface area contributed by atoms with Gasteiger partial charge in [-0.15, -0.1) is 0 Å². The number of aliphatic hydroxyl groups excluding tert-OH is 3. The topological polar surface area (TPSA) is 378 Å². The molecule has 0 unspecified atom stereocenters. The van der Waals surface area contributed by atoms with Crippen molar-refractivity contribution in [3.05, 3.63) is 273 Å². The van der Waals surface area contributed by atoms with Gasteiger partial charge in [0.15, 0.2) is 11.6 Å². The molecule has 0 aliphatic heterocycles. The van der Waals surface area contributed by atoms with E-state index in [1.54, 1.807) is 36.4 Å². The second-order valence-corrected chi connectivity index (χ2v) is 32.4. The lowest BCUT2D eigenvalue weighted by molar-refractivity contribution is -0.385. The molecule has 0 saturated heterocycles. The monoisotopic (exact) mass is 1510 g/mol. The molecular weight excluding hydrogens is 1410 g/mol. The molecule has 0 spiro atoms. The molecule has 0 aromatic heterocycles. The van der Waals surface area contributed by atoms with Crippen LogP contribution in [0, 0.1) is 38.0 Å². The molecule has 0 fully saturated rings. The zero-order chi connectivity index (χ0) is 76.6. The summed E-state index contributed by atoms with van der Waals surface area (Å²) in [4.78, 5) is 45.0. The molecule has 0 radical (unpaired) electrons. The Hall–Kier alpha value is -8.52. The molecule has 6 atom stereocenters. The Morgan fingerprint density at radius 3 is 1.12 bits per heavy atom.